The van der Waals surface area contributed by atoms with Gasteiger partial charge in [-0.2, -0.15) is 8.78 Å². The second-order valence-electron chi connectivity index (χ2n) is 7.98. The van der Waals surface area contributed by atoms with Crippen molar-refractivity contribution in [2.45, 2.75) is 62.9 Å². The van der Waals surface area contributed by atoms with E-state index in [9.17, 15) is 28.3 Å². The number of alkyl halides is 2. The number of ether oxygens (including phenoxy) is 3. The van der Waals surface area contributed by atoms with E-state index in [4.69, 9.17) is 9.47 Å². The van der Waals surface area contributed by atoms with Crippen LogP contribution in [0.5, 0.6) is 0 Å². The minimum absolute atomic E-state index is 0.283. The maximum absolute atomic E-state index is 13.5. The Hall–Kier alpha value is -1.77. The van der Waals surface area contributed by atoms with E-state index in [1.54, 1.807) is 0 Å². The molecule has 3 saturated carbocycles. The number of hydrogen-bond acceptors (Lipinski definition) is 7. The van der Waals surface area contributed by atoms with Crippen molar-refractivity contribution in [2.24, 2.45) is 23.7 Å². The first-order chi connectivity index (χ1) is 12.1. The van der Waals surface area contributed by atoms with Gasteiger partial charge in [-0.15, -0.1) is 0 Å². The second-order valence-corrected chi connectivity index (χ2v) is 7.98. The largest absolute Gasteiger partial charge is 0.542 e. The van der Waals surface area contributed by atoms with Gasteiger partial charge in [-0.3, -0.25) is 9.59 Å². The van der Waals surface area contributed by atoms with E-state index in [1.165, 1.54) is 0 Å². The summed E-state index contributed by atoms with van der Waals surface area (Å²) in [6.45, 7) is 1.82. The average molecular weight is 373 g/mol. The lowest BCUT2D eigenvalue weighted by atomic mass is 9.78. The lowest BCUT2D eigenvalue weighted by molar-refractivity contribution is -0.372. The standard InChI is InChI=1S/C17H20F2O7/c1-16(4-2-3-5-16)26-14(21)10-8-6-7-9(10)13(20)24-11(7)12(8)25-17(18,19)15(22)23/h7-12H,2-6H2,1H3,(H,22,23)/p-1. The molecule has 0 aromatic heterocycles. The Labute approximate surface area is 148 Å². The normalized spacial score (nSPS) is 39.9. The van der Waals surface area contributed by atoms with Crippen LogP contribution < -0.4 is 5.11 Å². The zero-order chi connectivity index (χ0) is 18.9. The van der Waals surface area contributed by atoms with Crippen molar-refractivity contribution in [3.8, 4) is 0 Å². The minimum atomic E-state index is -4.52. The van der Waals surface area contributed by atoms with Crippen LogP contribution in [-0.4, -0.2) is 41.8 Å². The molecule has 26 heavy (non-hydrogen) atoms. The van der Waals surface area contributed by atoms with Crippen LogP contribution in [-0.2, 0) is 28.6 Å². The molecule has 6 unspecified atom stereocenters. The number of carboxylic acid groups (broad SMARTS) is 1. The Bertz CT molecular complexity index is 657. The molecule has 0 amide bonds. The summed E-state index contributed by atoms with van der Waals surface area (Å²) in [5.41, 5.74) is -0.619. The van der Waals surface area contributed by atoms with Crippen LogP contribution in [0.25, 0.3) is 0 Å². The van der Waals surface area contributed by atoms with E-state index in [1.807, 2.05) is 6.92 Å². The van der Waals surface area contributed by atoms with Gasteiger partial charge >= 0.3 is 18.0 Å². The molecule has 0 aromatic rings. The molecular weight excluding hydrogens is 354 g/mol. The summed E-state index contributed by atoms with van der Waals surface area (Å²) in [7, 11) is 0. The van der Waals surface area contributed by atoms with E-state index in [2.05, 4.69) is 4.74 Å². The van der Waals surface area contributed by atoms with Gasteiger partial charge in [0.05, 0.1) is 11.8 Å². The Kier molecular flexibility index (Phi) is 3.81. The molecule has 0 N–H and O–H groups in total. The van der Waals surface area contributed by atoms with Crippen LogP contribution in [0.3, 0.4) is 0 Å². The number of carbonyl (C=O) groups excluding carboxylic acids is 3. The molecule has 6 atom stereocenters. The smallest absolute Gasteiger partial charge is 0.398 e. The van der Waals surface area contributed by atoms with Crippen molar-refractivity contribution in [1.82, 2.24) is 0 Å². The van der Waals surface area contributed by atoms with Gasteiger partial charge in [0, 0.05) is 11.8 Å². The molecule has 7 nitrogen and oxygen atoms in total. The third-order valence-corrected chi connectivity index (χ3v) is 6.35. The van der Waals surface area contributed by atoms with Gasteiger partial charge in [0.15, 0.2) is 0 Å². The van der Waals surface area contributed by atoms with Crippen molar-refractivity contribution in [1.29, 1.82) is 0 Å². The number of aliphatic carboxylic acids is 1. The van der Waals surface area contributed by atoms with Gasteiger partial charge in [-0.25, -0.2) is 0 Å². The van der Waals surface area contributed by atoms with Crippen molar-refractivity contribution in [3.05, 3.63) is 0 Å². The number of rotatable bonds is 5. The maximum atomic E-state index is 13.5. The Morgan fingerprint density at radius 1 is 1.27 bits per heavy atom. The lowest BCUT2D eigenvalue weighted by Crippen LogP contribution is -2.51. The van der Waals surface area contributed by atoms with Crippen LogP contribution in [0.15, 0.2) is 0 Å². The molecule has 0 aromatic carbocycles. The SMILES string of the molecule is CC1(OC(=O)C2C3CC4C(OC(=O)C42)C3OC(F)(F)C(=O)[O-])CCCC1. The first kappa shape index (κ1) is 17.6. The Morgan fingerprint density at radius 2 is 1.92 bits per heavy atom. The van der Waals surface area contributed by atoms with Crippen molar-refractivity contribution in [2.75, 3.05) is 0 Å². The van der Waals surface area contributed by atoms with Crippen molar-refractivity contribution >= 4 is 17.9 Å². The Morgan fingerprint density at radius 3 is 2.54 bits per heavy atom. The number of carbonyl (C=O) groups is 3. The number of hydrogen-bond donors (Lipinski definition) is 0. The third-order valence-electron chi connectivity index (χ3n) is 6.35. The molecule has 4 aliphatic rings. The summed E-state index contributed by atoms with van der Waals surface area (Å²) in [6.07, 6.45) is -3.30. The van der Waals surface area contributed by atoms with Gasteiger partial charge in [0.1, 0.15) is 23.8 Å². The van der Waals surface area contributed by atoms with Gasteiger partial charge in [-0.1, -0.05) is 0 Å². The van der Waals surface area contributed by atoms with Crippen LogP contribution in [0.4, 0.5) is 8.78 Å². The third kappa shape index (κ3) is 2.51. The van der Waals surface area contributed by atoms with E-state index in [0.717, 1.165) is 12.8 Å². The minimum Gasteiger partial charge on any atom is -0.542 e. The summed E-state index contributed by atoms with van der Waals surface area (Å²) in [5, 5.41) is 10.6. The first-order valence-corrected chi connectivity index (χ1v) is 8.83. The molecule has 1 aliphatic heterocycles. The summed E-state index contributed by atoms with van der Waals surface area (Å²) in [4.78, 5) is 35.5. The number of fused-ring (bicyclic) bond motifs is 1. The summed E-state index contributed by atoms with van der Waals surface area (Å²) >= 11 is 0. The summed E-state index contributed by atoms with van der Waals surface area (Å²) < 4.78 is 42.3. The molecule has 1 saturated heterocycles. The van der Waals surface area contributed by atoms with Crippen LogP contribution in [0.1, 0.15) is 39.0 Å². The van der Waals surface area contributed by atoms with Crippen LogP contribution in [0.2, 0.25) is 0 Å². The zero-order valence-electron chi connectivity index (χ0n) is 14.1. The summed E-state index contributed by atoms with van der Waals surface area (Å²) in [6, 6.07) is 0. The molecule has 4 rings (SSSR count). The predicted molar refractivity (Wildman–Crippen MR) is 76.2 cm³/mol. The molecule has 1 heterocycles. The number of carboxylic acids is 1. The topological polar surface area (TPSA) is 102 Å². The molecule has 9 heteroatoms. The van der Waals surface area contributed by atoms with Crippen molar-refractivity contribution in [3.63, 3.8) is 0 Å². The van der Waals surface area contributed by atoms with Crippen molar-refractivity contribution < 1.29 is 42.5 Å². The molecule has 4 fully saturated rings. The highest BCUT2D eigenvalue weighted by molar-refractivity contribution is 5.86. The van der Waals surface area contributed by atoms with Gasteiger partial charge in [0.25, 0.3) is 0 Å². The van der Waals surface area contributed by atoms with E-state index in [-0.39, 0.29) is 6.42 Å². The zero-order valence-corrected chi connectivity index (χ0v) is 14.1. The predicted octanol–water partition coefficient (Wildman–Crippen LogP) is 0.398. The highest BCUT2D eigenvalue weighted by Gasteiger charge is 2.70. The monoisotopic (exact) mass is 373 g/mol. The lowest BCUT2D eigenvalue weighted by Gasteiger charge is -2.34. The van der Waals surface area contributed by atoms with Gasteiger partial charge < -0.3 is 24.1 Å². The highest BCUT2D eigenvalue weighted by Crippen LogP contribution is 2.59. The molecular formula is C17H19F2O7-. The summed E-state index contributed by atoms with van der Waals surface area (Å²) in [5.74, 6) is -6.80. The van der Waals surface area contributed by atoms with Gasteiger partial charge in [0.2, 0.25) is 0 Å². The molecule has 3 aliphatic carbocycles. The average Bonchev–Trinajstić information content (AvgIpc) is 3.24. The molecule has 144 valence electrons. The fourth-order valence-corrected chi connectivity index (χ4v) is 5.22. The molecule has 2 bridgehead atoms. The highest BCUT2D eigenvalue weighted by atomic mass is 19.3. The van der Waals surface area contributed by atoms with Crippen LogP contribution >= 0.6 is 0 Å². The maximum Gasteiger partial charge on any atom is 0.398 e. The first-order valence-electron chi connectivity index (χ1n) is 8.83. The fourth-order valence-electron chi connectivity index (χ4n) is 5.22. The van der Waals surface area contributed by atoms with Crippen LogP contribution in [0, 0.1) is 23.7 Å². The molecule has 0 spiro atoms. The van der Waals surface area contributed by atoms with E-state index < -0.39 is 65.5 Å². The van der Waals surface area contributed by atoms with E-state index >= 15 is 0 Å². The number of halogens is 2. The number of esters is 2. The quantitative estimate of drug-likeness (QED) is 0.643. The molecule has 0 radical (unpaired) electrons. The Balaban J connectivity index is 1.57. The van der Waals surface area contributed by atoms with E-state index in [0.29, 0.717) is 12.8 Å². The second kappa shape index (κ2) is 5.61. The van der Waals surface area contributed by atoms with Gasteiger partial charge in [-0.05, 0) is 39.0 Å². The fraction of sp³-hybridized carbons (Fsp3) is 0.824.